The van der Waals surface area contributed by atoms with Crippen molar-refractivity contribution < 1.29 is 26.3 Å². The predicted octanol–water partition coefficient (Wildman–Crippen LogP) is 25.5. The van der Waals surface area contributed by atoms with E-state index in [1.807, 2.05) is 130 Å². The second kappa shape index (κ2) is 22.6. The first kappa shape index (κ1) is 60.9. The molecule has 6 aromatic heterocycles. The molecule has 0 aliphatic carbocycles. The van der Waals surface area contributed by atoms with Crippen LogP contribution in [0.1, 0.15) is 16.7 Å². The van der Waals surface area contributed by atoms with Gasteiger partial charge in [-0.3, -0.25) is 0 Å². The highest BCUT2D eigenvalue weighted by Crippen LogP contribution is 2.51. The van der Waals surface area contributed by atoms with Crippen LogP contribution in [-0.2, 0) is 12.4 Å². The van der Waals surface area contributed by atoms with Crippen LogP contribution in [0.3, 0.4) is 0 Å². The third-order valence-electron chi connectivity index (χ3n) is 21.7. The maximum absolute atomic E-state index is 16.1. The van der Waals surface area contributed by atoms with Gasteiger partial charge in [-0.15, -0.1) is 0 Å². The summed E-state index contributed by atoms with van der Waals surface area (Å²) in [6, 6.07) is 106. The number of nitriles is 1. The van der Waals surface area contributed by atoms with Crippen molar-refractivity contribution >= 4 is 131 Å². The molecule has 0 saturated carbocycles. The number of nitrogens with zero attached hydrogens (tertiary/aromatic N) is 7. The molecule has 13 heteroatoms. The van der Waals surface area contributed by atoms with Crippen LogP contribution in [0, 0.1) is 11.3 Å². The van der Waals surface area contributed by atoms with E-state index in [9.17, 15) is 5.26 Å². The standard InChI is InChI=1S/C93H53F6N7/c94-92(95,96)76-26-17-27-77(93(97,98)99)91(76)69-42-37-56(105-86-44-38-57(101-78-28-9-1-18-61(78)62-19-2-10-29-79(62)101)50-72(86)73-51-58(39-45-87(73)105)102-80-30-11-3-20-63(80)64-21-4-12-31-81(64)102)49-70(69)71-48-55(54-100)36-43-88(71)106-89-46-40-59(103-82-32-13-5-22-65(82)66-23-6-14-33-83(66)103)52-74(89)75-53-60(41-47-90(75)106)104-84-34-15-7-24-67(84)68-25-8-16-35-85(68)104/h1-53H. The van der Waals surface area contributed by atoms with Gasteiger partial charge in [-0.25, -0.2) is 0 Å². The SMILES string of the molecule is N#Cc1ccc(-n2c3ccc(-n4c5ccccc5c5ccccc54)cc3c3cc(-n4c5ccccc5c5ccccc54)ccc32)c(-c2cc(-n3c4ccc(-n5c6ccccc6c6ccccc65)cc4c4cc(-n5c6ccccc6c6ccccc65)ccc43)ccc2-c2c(C(F)(F)F)cccc2C(F)(F)F)c1. The molecule has 0 amide bonds. The molecule has 502 valence electrons. The van der Waals surface area contributed by atoms with Gasteiger partial charge in [0.15, 0.2) is 0 Å². The fourth-order valence-corrected chi connectivity index (χ4v) is 17.3. The molecule has 0 atom stereocenters. The normalized spacial score (nSPS) is 12.4. The van der Waals surface area contributed by atoms with E-state index in [2.05, 4.69) is 170 Å². The molecule has 0 fully saturated rings. The predicted molar refractivity (Wildman–Crippen MR) is 418 cm³/mol. The zero-order chi connectivity index (χ0) is 71.0. The first-order valence-electron chi connectivity index (χ1n) is 34.9. The summed E-state index contributed by atoms with van der Waals surface area (Å²) in [5, 5.41) is 23.0. The van der Waals surface area contributed by atoms with Crippen LogP contribution in [-0.4, -0.2) is 27.4 Å². The van der Waals surface area contributed by atoms with Gasteiger partial charge in [-0.1, -0.05) is 158 Å². The minimum absolute atomic E-state index is 0.0180. The van der Waals surface area contributed by atoms with E-state index >= 15 is 26.3 Å². The molecule has 15 aromatic carbocycles. The maximum Gasteiger partial charge on any atom is 0.417 e. The second-order valence-corrected chi connectivity index (χ2v) is 27.3. The molecule has 21 aromatic rings. The van der Waals surface area contributed by atoms with Gasteiger partial charge >= 0.3 is 12.4 Å². The molecule has 0 spiro atoms. The van der Waals surface area contributed by atoms with E-state index in [0.717, 1.165) is 149 Å². The topological polar surface area (TPSA) is 53.4 Å². The largest absolute Gasteiger partial charge is 0.417 e. The van der Waals surface area contributed by atoms with Crippen LogP contribution >= 0.6 is 0 Å². The average Bonchev–Trinajstić information content (AvgIpc) is 1.16. The number of halogens is 6. The monoisotopic (exact) mass is 1380 g/mol. The lowest BCUT2D eigenvalue weighted by atomic mass is 9.86. The minimum atomic E-state index is -5.26. The van der Waals surface area contributed by atoms with E-state index in [1.54, 1.807) is 30.3 Å². The Morgan fingerprint density at radius 3 is 0.774 bits per heavy atom. The lowest BCUT2D eigenvalue weighted by Gasteiger charge is -2.23. The third-order valence-corrected chi connectivity index (χ3v) is 21.7. The number of para-hydroxylation sites is 8. The quantitative estimate of drug-likeness (QED) is 0.140. The first-order chi connectivity index (χ1) is 51.8. The third kappa shape index (κ3) is 8.88. The molecular weight excluding hydrogens is 1330 g/mol. The van der Waals surface area contributed by atoms with E-state index in [0.29, 0.717) is 34.5 Å². The smallest absolute Gasteiger partial charge is 0.309 e. The molecule has 0 aliphatic rings. The van der Waals surface area contributed by atoms with Gasteiger partial charge in [0.2, 0.25) is 0 Å². The second-order valence-electron chi connectivity index (χ2n) is 27.3. The number of benzene rings is 15. The Labute approximate surface area is 599 Å². The van der Waals surface area contributed by atoms with Crippen molar-refractivity contribution in [2.75, 3.05) is 0 Å². The summed E-state index contributed by atoms with van der Waals surface area (Å²) in [7, 11) is 0. The number of fused-ring (bicyclic) bond motifs is 18. The first-order valence-corrected chi connectivity index (χ1v) is 34.9. The molecule has 0 N–H and O–H groups in total. The highest BCUT2D eigenvalue weighted by molar-refractivity contribution is 6.17. The lowest BCUT2D eigenvalue weighted by Crippen LogP contribution is -2.14. The van der Waals surface area contributed by atoms with Gasteiger partial charge in [0.1, 0.15) is 0 Å². The zero-order valence-electron chi connectivity index (χ0n) is 56.0. The molecule has 21 rings (SSSR count). The van der Waals surface area contributed by atoms with Crippen LogP contribution in [0.15, 0.2) is 322 Å². The van der Waals surface area contributed by atoms with Gasteiger partial charge < -0.3 is 27.4 Å². The van der Waals surface area contributed by atoms with Crippen molar-refractivity contribution in [1.29, 1.82) is 5.26 Å². The Hall–Kier alpha value is -13.8. The average molecular weight is 1380 g/mol. The molecular formula is C93H53F6N7. The molecule has 0 radical (unpaired) electrons. The summed E-state index contributed by atoms with van der Waals surface area (Å²) in [5.74, 6) is 0. The summed E-state index contributed by atoms with van der Waals surface area (Å²) in [6.45, 7) is 0. The molecule has 0 unspecified atom stereocenters. The van der Waals surface area contributed by atoms with Crippen molar-refractivity contribution in [3.05, 3.63) is 338 Å². The highest BCUT2D eigenvalue weighted by atomic mass is 19.4. The number of rotatable bonds is 8. The van der Waals surface area contributed by atoms with Crippen molar-refractivity contribution in [2.24, 2.45) is 0 Å². The molecule has 7 nitrogen and oxygen atoms in total. The van der Waals surface area contributed by atoms with Gasteiger partial charge in [0.25, 0.3) is 0 Å². The van der Waals surface area contributed by atoms with E-state index in [-0.39, 0.29) is 22.3 Å². The van der Waals surface area contributed by atoms with Gasteiger partial charge in [-0.05, 0) is 175 Å². The zero-order valence-corrected chi connectivity index (χ0v) is 56.0. The van der Waals surface area contributed by atoms with Gasteiger partial charge in [0.05, 0.1) is 94.6 Å². The Bertz CT molecular complexity index is 6820. The fourth-order valence-electron chi connectivity index (χ4n) is 17.3. The fraction of sp³-hybridized carbons (Fsp3) is 0.0215. The summed E-state index contributed by atoms with van der Waals surface area (Å²) in [5.41, 5.74) is 11.1. The van der Waals surface area contributed by atoms with Crippen LogP contribution in [0.4, 0.5) is 26.3 Å². The highest BCUT2D eigenvalue weighted by Gasteiger charge is 2.42. The summed E-state index contributed by atoms with van der Waals surface area (Å²) in [4.78, 5) is 0. The summed E-state index contributed by atoms with van der Waals surface area (Å²) < 4.78 is 109. The molecule has 106 heavy (non-hydrogen) atoms. The van der Waals surface area contributed by atoms with Crippen molar-refractivity contribution in [2.45, 2.75) is 12.4 Å². The molecule has 6 heterocycles. The Morgan fingerprint density at radius 2 is 0.481 bits per heavy atom. The van der Waals surface area contributed by atoms with Crippen molar-refractivity contribution in [1.82, 2.24) is 27.4 Å². The minimum Gasteiger partial charge on any atom is -0.309 e. The molecule has 0 saturated heterocycles. The van der Waals surface area contributed by atoms with Crippen LogP contribution in [0.2, 0.25) is 0 Å². The maximum atomic E-state index is 16.1. The number of hydrogen-bond donors (Lipinski definition) is 0. The number of alkyl halides is 6. The lowest BCUT2D eigenvalue weighted by molar-refractivity contribution is -0.142. The Kier molecular flexibility index (Phi) is 13.0. The Balaban J connectivity index is 0.862. The van der Waals surface area contributed by atoms with Gasteiger partial charge in [-0.2, -0.15) is 31.6 Å². The van der Waals surface area contributed by atoms with Crippen LogP contribution in [0.25, 0.3) is 187 Å². The molecule has 0 aliphatic heterocycles. The van der Waals surface area contributed by atoms with E-state index in [4.69, 9.17) is 0 Å². The van der Waals surface area contributed by atoms with E-state index in [1.165, 1.54) is 6.07 Å². The van der Waals surface area contributed by atoms with Crippen molar-refractivity contribution in [3.63, 3.8) is 0 Å². The van der Waals surface area contributed by atoms with Crippen molar-refractivity contribution in [3.8, 4) is 62.4 Å². The Morgan fingerprint density at radius 1 is 0.217 bits per heavy atom. The summed E-state index contributed by atoms with van der Waals surface area (Å²) in [6.07, 6.45) is -10.5. The van der Waals surface area contributed by atoms with Gasteiger partial charge in [0, 0.05) is 104 Å². The molecule has 0 bridgehead atoms. The van der Waals surface area contributed by atoms with E-state index < -0.39 is 29.0 Å². The van der Waals surface area contributed by atoms with Crippen LogP contribution in [0.5, 0.6) is 0 Å². The summed E-state index contributed by atoms with van der Waals surface area (Å²) >= 11 is 0. The number of aromatic nitrogens is 6. The number of hydrogen-bond acceptors (Lipinski definition) is 1. The van der Waals surface area contributed by atoms with Crippen LogP contribution < -0.4 is 0 Å².